The van der Waals surface area contributed by atoms with E-state index in [1.807, 2.05) is 22.6 Å². The highest BCUT2D eigenvalue weighted by Crippen LogP contribution is 2.30. The van der Waals surface area contributed by atoms with Crippen LogP contribution in [-0.4, -0.2) is 79.0 Å². The first-order valence-electron chi connectivity index (χ1n) is 12.0. The average Bonchev–Trinajstić information content (AvgIpc) is 3.13. The lowest BCUT2D eigenvalue weighted by Gasteiger charge is -2.35. The van der Waals surface area contributed by atoms with Gasteiger partial charge in [-0.2, -0.15) is 5.10 Å². The summed E-state index contributed by atoms with van der Waals surface area (Å²) in [6.45, 7) is 9.44. The molecule has 7 nitrogen and oxygen atoms in total. The van der Waals surface area contributed by atoms with Crippen molar-refractivity contribution in [1.29, 1.82) is 0 Å². The molecule has 0 saturated carbocycles. The summed E-state index contributed by atoms with van der Waals surface area (Å²) in [6.07, 6.45) is 3.20. The molecule has 1 amide bonds. The van der Waals surface area contributed by atoms with Gasteiger partial charge in [-0.3, -0.25) is 4.79 Å². The van der Waals surface area contributed by atoms with Gasteiger partial charge in [0.15, 0.2) is 0 Å². The third kappa shape index (κ3) is 6.54. The summed E-state index contributed by atoms with van der Waals surface area (Å²) in [5.74, 6) is 0.837. The van der Waals surface area contributed by atoms with E-state index in [2.05, 4.69) is 23.8 Å². The Labute approximate surface area is 197 Å². The third-order valence-corrected chi connectivity index (χ3v) is 6.24. The van der Waals surface area contributed by atoms with Crippen LogP contribution in [0.4, 0.5) is 10.2 Å². The van der Waals surface area contributed by atoms with Gasteiger partial charge in [0.25, 0.3) is 0 Å². The maximum Gasteiger partial charge on any atom is 0.222 e. The van der Waals surface area contributed by atoms with Gasteiger partial charge in [0, 0.05) is 58.4 Å². The van der Waals surface area contributed by atoms with Crippen LogP contribution < -0.4 is 4.90 Å². The van der Waals surface area contributed by atoms with Crippen molar-refractivity contribution in [1.82, 2.24) is 19.6 Å². The number of likely N-dealkylation sites (N-methyl/N-ethyl adjacent to an activating group) is 1. The summed E-state index contributed by atoms with van der Waals surface area (Å²) in [6, 6.07) is 6.54. The number of unbranched alkanes of at least 4 members (excludes halogenated alkanes) is 1. The molecule has 0 N–H and O–H groups in total. The number of carbonyl (C=O) groups is 1. The number of halogens is 1. The number of methoxy groups -OCH3 is 1. The lowest BCUT2D eigenvalue weighted by atomic mass is 10.1. The lowest BCUT2D eigenvalue weighted by molar-refractivity contribution is -0.132. The van der Waals surface area contributed by atoms with Crippen LogP contribution in [0.2, 0.25) is 0 Å². The molecule has 0 aliphatic carbocycles. The summed E-state index contributed by atoms with van der Waals surface area (Å²) in [5.41, 5.74) is 2.60. The molecule has 1 aromatic heterocycles. The van der Waals surface area contributed by atoms with Gasteiger partial charge in [0.1, 0.15) is 11.6 Å². The summed E-state index contributed by atoms with van der Waals surface area (Å²) in [4.78, 5) is 19.6. The fourth-order valence-electron chi connectivity index (χ4n) is 4.23. The molecule has 0 bridgehead atoms. The van der Waals surface area contributed by atoms with Gasteiger partial charge in [-0.25, -0.2) is 9.07 Å². The standard InChI is InChI=1S/C25H38FN5O2/c1-5-6-11-24(32)30(12-8-17-33-4)19-23-20(2)27-31(22-10-7-9-21(26)18-22)25(23)29-15-13-28(3)14-16-29/h7,9-10,18H,5-6,8,11-17,19H2,1-4H3. The number of nitrogens with zero attached hydrogens (tertiary/aromatic N) is 5. The van der Waals surface area contributed by atoms with Gasteiger partial charge in [-0.05, 0) is 45.0 Å². The van der Waals surface area contributed by atoms with Crippen LogP contribution >= 0.6 is 0 Å². The molecule has 0 radical (unpaired) electrons. The number of carbonyl (C=O) groups excluding carboxylic acids is 1. The first kappa shape index (κ1) is 25.2. The van der Waals surface area contributed by atoms with E-state index in [-0.39, 0.29) is 11.7 Å². The largest absolute Gasteiger partial charge is 0.385 e. The fraction of sp³-hybridized carbons (Fsp3) is 0.600. The van der Waals surface area contributed by atoms with E-state index in [1.54, 1.807) is 13.2 Å². The van der Waals surface area contributed by atoms with Crippen LogP contribution in [-0.2, 0) is 16.1 Å². The van der Waals surface area contributed by atoms with Crippen molar-refractivity contribution in [3.8, 4) is 5.69 Å². The molecule has 33 heavy (non-hydrogen) atoms. The number of aryl methyl sites for hydroxylation is 1. The zero-order chi connectivity index (χ0) is 23.8. The highest BCUT2D eigenvalue weighted by Gasteiger charge is 2.27. The molecule has 0 atom stereocenters. The molecule has 1 aliphatic rings. The van der Waals surface area contributed by atoms with Gasteiger partial charge < -0.3 is 19.4 Å². The third-order valence-electron chi connectivity index (χ3n) is 6.24. The van der Waals surface area contributed by atoms with Gasteiger partial charge in [-0.15, -0.1) is 0 Å². The van der Waals surface area contributed by atoms with Gasteiger partial charge >= 0.3 is 0 Å². The van der Waals surface area contributed by atoms with Crippen molar-refractivity contribution in [2.24, 2.45) is 0 Å². The number of ether oxygens (including phenoxy) is 1. The monoisotopic (exact) mass is 459 g/mol. The highest BCUT2D eigenvalue weighted by atomic mass is 19.1. The summed E-state index contributed by atoms with van der Waals surface area (Å²) in [7, 11) is 3.80. The number of anilines is 1. The zero-order valence-corrected chi connectivity index (χ0v) is 20.5. The van der Waals surface area contributed by atoms with Crippen molar-refractivity contribution in [3.63, 3.8) is 0 Å². The first-order valence-corrected chi connectivity index (χ1v) is 12.0. The Hall–Kier alpha value is -2.45. The van der Waals surface area contributed by atoms with E-state index in [4.69, 9.17) is 9.84 Å². The van der Waals surface area contributed by atoms with Crippen molar-refractivity contribution in [2.45, 2.75) is 46.1 Å². The predicted octanol–water partition coefficient (Wildman–Crippen LogP) is 3.63. The Balaban J connectivity index is 1.98. The maximum absolute atomic E-state index is 14.1. The van der Waals surface area contributed by atoms with Crippen molar-refractivity contribution in [2.75, 3.05) is 58.4 Å². The molecule has 1 aliphatic heterocycles. The van der Waals surface area contributed by atoms with E-state index in [0.29, 0.717) is 31.8 Å². The molecule has 1 aromatic carbocycles. The number of rotatable bonds is 11. The van der Waals surface area contributed by atoms with E-state index >= 15 is 0 Å². The Morgan fingerprint density at radius 1 is 1.21 bits per heavy atom. The average molecular weight is 460 g/mol. The SMILES string of the molecule is CCCCC(=O)N(CCCOC)Cc1c(C)nn(-c2cccc(F)c2)c1N1CCN(C)CC1. The number of benzene rings is 1. The second kappa shape index (κ2) is 12.1. The lowest BCUT2D eigenvalue weighted by Crippen LogP contribution is -2.45. The minimum absolute atomic E-state index is 0.162. The quantitative estimate of drug-likeness (QED) is 0.481. The first-order chi connectivity index (χ1) is 15.9. The molecule has 3 rings (SSSR count). The maximum atomic E-state index is 14.1. The van der Waals surface area contributed by atoms with Crippen LogP contribution in [0.25, 0.3) is 5.69 Å². The van der Waals surface area contributed by atoms with Crippen molar-refractivity contribution < 1.29 is 13.9 Å². The van der Waals surface area contributed by atoms with E-state index in [0.717, 1.165) is 62.5 Å². The number of hydrogen-bond acceptors (Lipinski definition) is 5. The molecular weight excluding hydrogens is 421 g/mol. The number of amides is 1. The van der Waals surface area contributed by atoms with Crippen LogP contribution in [0.3, 0.4) is 0 Å². The smallest absolute Gasteiger partial charge is 0.222 e. The highest BCUT2D eigenvalue weighted by molar-refractivity contribution is 5.76. The second-order valence-electron chi connectivity index (χ2n) is 8.83. The zero-order valence-electron chi connectivity index (χ0n) is 20.5. The molecule has 1 fully saturated rings. The Morgan fingerprint density at radius 3 is 2.64 bits per heavy atom. The van der Waals surface area contributed by atoms with E-state index < -0.39 is 0 Å². The normalized spacial score (nSPS) is 14.6. The molecule has 2 aromatic rings. The Kier molecular flexibility index (Phi) is 9.26. The van der Waals surface area contributed by atoms with Crippen molar-refractivity contribution in [3.05, 3.63) is 41.3 Å². The van der Waals surface area contributed by atoms with Crippen LogP contribution in [0.5, 0.6) is 0 Å². The van der Waals surface area contributed by atoms with Crippen molar-refractivity contribution >= 4 is 11.7 Å². The van der Waals surface area contributed by atoms with E-state index in [1.165, 1.54) is 12.1 Å². The number of hydrogen-bond donors (Lipinski definition) is 0. The Morgan fingerprint density at radius 2 is 1.97 bits per heavy atom. The Bertz CT molecular complexity index is 908. The minimum atomic E-state index is -0.289. The number of aromatic nitrogens is 2. The molecular formula is C25H38FN5O2. The molecule has 8 heteroatoms. The fourth-order valence-corrected chi connectivity index (χ4v) is 4.23. The topological polar surface area (TPSA) is 53.8 Å². The summed E-state index contributed by atoms with van der Waals surface area (Å²) < 4.78 is 21.1. The van der Waals surface area contributed by atoms with Gasteiger partial charge in [-0.1, -0.05) is 19.4 Å². The van der Waals surface area contributed by atoms with Crippen LogP contribution in [0.15, 0.2) is 24.3 Å². The van der Waals surface area contributed by atoms with Crippen LogP contribution in [0, 0.1) is 12.7 Å². The summed E-state index contributed by atoms with van der Waals surface area (Å²) in [5, 5.41) is 4.82. The number of piperazine rings is 1. The predicted molar refractivity (Wildman–Crippen MR) is 129 cm³/mol. The molecule has 0 spiro atoms. The van der Waals surface area contributed by atoms with Gasteiger partial charge in [0.05, 0.1) is 17.9 Å². The molecule has 182 valence electrons. The van der Waals surface area contributed by atoms with E-state index in [9.17, 15) is 9.18 Å². The second-order valence-corrected chi connectivity index (χ2v) is 8.83. The molecule has 0 unspecified atom stereocenters. The molecule has 2 heterocycles. The summed E-state index contributed by atoms with van der Waals surface area (Å²) >= 11 is 0. The van der Waals surface area contributed by atoms with Crippen LogP contribution in [0.1, 0.15) is 43.9 Å². The minimum Gasteiger partial charge on any atom is -0.385 e. The molecule has 1 saturated heterocycles. The van der Waals surface area contributed by atoms with Gasteiger partial charge in [0.2, 0.25) is 5.91 Å².